The number of benzene rings is 1. The van der Waals surface area contributed by atoms with E-state index in [9.17, 15) is 4.79 Å². The number of carboxylic acid groups (broad SMARTS) is 1. The van der Waals surface area contributed by atoms with Gasteiger partial charge in [0.05, 0.1) is 5.02 Å². The molecule has 78 valence electrons. The van der Waals surface area contributed by atoms with E-state index < -0.39 is 11.9 Å². The molecule has 0 aliphatic carbocycles. The molecule has 0 radical (unpaired) electrons. The van der Waals surface area contributed by atoms with Crippen molar-refractivity contribution in [2.45, 2.75) is 12.8 Å². The van der Waals surface area contributed by atoms with Crippen LogP contribution in [0.3, 0.4) is 0 Å². The van der Waals surface area contributed by atoms with Gasteiger partial charge in [-0.2, -0.15) is 0 Å². The van der Waals surface area contributed by atoms with E-state index in [0.717, 1.165) is 5.39 Å². The summed E-state index contributed by atoms with van der Waals surface area (Å²) in [6, 6.07) is 6.95. The first kappa shape index (κ1) is 10.1. The molecule has 2 aromatic rings. The normalized spacial score (nSPS) is 12.9. The number of aliphatic carboxylic acids is 1. The minimum absolute atomic E-state index is 0.422. The van der Waals surface area contributed by atoms with Crippen LogP contribution in [-0.2, 0) is 4.79 Å². The molecule has 2 rings (SSSR count). The number of hydrogen-bond donors (Lipinski definition) is 1. The van der Waals surface area contributed by atoms with Crippen LogP contribution >= 0.6 is 11.6 Å². The molecule has 0 aliphatic heterocycles. The number of rotatable bonds is 2. The van der Waals surface area contributed by atoms with Crippen molar-refractivity contribution in [2.75, 3.05) is 0 Å². The Morgan fingerprint density at radius 3 is 2.87 bits per heavy atom. The molecule has 1 N–H and O–H groups in total. The van der Waals surface area contributed by atoms with Crippen LogP contribution in [-0.4, -0.2) is 11.1 Å². The molecule has 1 unspecified atom stereocenters. The van der Waals surface area contributed by atoms with Crippen molar-refractivity contribution >= 4 is 28.5 Å². The van der Waals surface area contributed by atoms with Crippen LogP contribution in [0.5, 0.6) is 0 Å². The zero-order valence-electron chi connectivity index (χ0n) is 8.03. The van der Waals surface area contributed by atoms with Crippen molar-refractivity contribution in [3.63, 3.8) is 0 Å². The van der Waals surface area contributed by atoms with Crippen molar-refractivity contribution in [1.29, 1.82) is 0 Å². The summed E-state index contributed by atoms with van der Waals surface area (Å²) in [4.78, 5) is 10.8. The maximum Gasteiger partial charge on any atom is 0.313 e. The summed E-state index contributed by atoms with van der Waals surface area (Å²) in [6.07, 6.45) is 0. The van der Waals surface area contributed by atoms with Gasteiger partial charge in [-0.15, -0.1) is 0 Å². The predicted molar refractivity (Wildman–Crippen MR) is 57.3 cm³/mol. The van der Waals surface area contributed by atoms with Gasteiger partial charge < -0.3 is 9.52 Å². The van der Waals surface area contributed by atoms with Crippen LogP contribution in [0.2, 0.25) is 5.02 Å². The number of furan rings is 1. The Hall–Kier alpha value is -1.48. The molecular formula is C11H9ClO3. The second-order valence-corrected chi connectivity index (χ2v) is 3.77. The van der Waals surface area contributed by atoms with Gasteiger partial charge in [-0.05, 0) is 25.1 Å². The van der Waals surface area contributed by atoms with Crippen LogP contribution in [0.25, 0.3) is 11.0 Å². The molecule has 4 heteroatoms. The lowest BCUT2D eigenvalue weighted by Crippen LogP contribution is -2.05. The minimum Gasteiger partial charge on any atom is -0.481 e. The molecule has 1 aromatic carbocycles. The zero-order valence-corrected chi connectivity index (χ0v) is 8.78. The van der Waals surface area contributed by atoms with Gasteiger partial charge in [-0.25, -0.2) is 0 Å². The molecule has 1 atom stereocenters. The van der Waals surface area contributed by atoms with Gasteiger partial charge in [0.2, 0.25) is 0 Å². The number of hydrogen-bond acceptors (Lipinski definition) is 2. The summed E-state index contributed by atoms with van der Waals surface area (Å²) in [5.41, 5.74) is 0.616. The van der Waals surface area contributed by atoms with Gasteiger partial charge in [0.1, 0.15) is 17.3 Å². The van der Waals surface area contributed by atoms with Gasteiger partial charge in [0.15, 0.2) is 0 Å². The van der Waals surface area contributed by atoms with Gasteiger partial charge in [0.25, 0.3) is 0 Å². The van der Waals surface area contributed by atoms with Crippen molar-refractivity contribution in [2.24, 2.45) is 0 Å². The lowest BCUT2D eigenvalue weighted by Gasteiger charge is -1.99. The van der Waals surface area contributed by atoms with Gasteiger partial charge in [-0.1, -0.05) is 17.7 Å². The van der Waals surface area contributed by atoms with Crippen molar-refractivity contribution in [3.05, 3.63) is 35.0 Å². The fourth-order valence-corrected chi connectivity index (χ4v) is 1.60. The molecule has 1 aromatic heterocycles. The topological polar surface area (TPSA) is 50.4 Å². The number of carbonyl (C=O) groups is 1. The Morgan fingerprint density at radius 1 is 1.53 bits per heavy atom. The molecule has 0 fully saturated rings. The number of fused-ring (bicyclic) bond motifs is 1. The zero-order chi connectivity index (χ0) is 11.0. The highest BCUT2D eigenvalue weighted by Crippen LogP contribution is 2.29. The lowest BCUT2D eigenvalue weighted by atomic mass is 10.1. The predicted octanol–water partition coefficient (Wildman–Crippen LogP) is 3.27. The van der Waals surface area contributed by atoms with E-state index in [-0.39, 0.29) is 0 Å². The molecule has 0 saturated carbocycles. The fourth-order valence-electron chi connectivity index (χ4n) is 1.38. The fraction of sp³-hybridized carbons (Fsp3) is 0.182. The molecular weight excluding hydrogens is 216 g/mol. The Kier molecular flexibility index (Phi) is 2.40. The summed E-state index contributed by atoms with van der Waals surface area (Å²) < 4.78 is 5.41. The van der Waals surface area contributed by atoms with E-state index in [1.807, 2.05) is 0 Å². The Bertz CT molecular complexity index is 516. The van der Waals surface area contributed by atoms with Crippen LogP contribution in [0.1, 0.15) is 18.6 Å². The maximum absolute atomic E-state index is 10.8. The van der Waals surface area contributed by atoms with E-state index >= 15 is 0 Å². The van der Waals surface area contributed by atoms with Crippen molar-refractivity contribution < 1.29 is 14.3 Å². The van der Waals surface area contributed by atoms with Crippen molar-refractivity contribution in [3.8, 4) is 0 Å². The molecule has 15 heavy (non-hydrogen) atoms. The summed E-state index contributed by atoms with van der Waals surface area (Å²) in [6.45, 7) is 1.58. The van der Waals surface area contributed by atoms with E-state index in [2.05, 4.69) is 0 Å². The molecule has 0 spiro atoms. The molecule has 0 saturated heterocycles. The quantitative estimate of drug-likeness (QED) is 0.852. The summed E-state index contributed by atoms with van der Waals surface area (Å²) in [7, 11) is 0. The van der Waals surface area contributed by atoms with E-state index in [1.54, 1.807) is 31.2 Å². The minimum atomic E-state index is -0.912. The third-order valence-electron chi connectivity index (χ3n) is 2.32. The highest BCUT2D eigenvalue weighted by molar-refractivity contribution is 6.35. The Balaban J connectivity index is 2.56. The maximum atomic E-state index is 10.8. The highest BCUT2D eigenvalue weighted by Gasteiger charge is 2.18. The molecule has 0 amide bonds. The first-order chi connectivity index (χ1) is 7.09. The highest BCUT2D eigenvalue weighted by atomic mass is 35.5. The van der Waals surface area contributed by atoms with Gasteiger partial charge in [-0.3, -0.25) is 4.79 Å². The number of halogens is 1. The average Bonchev–Trinajstić information content (AvgIpc) is 2.61. The third kappa shape index (κ3) is 1.70. The van der Waals surface area contributed by atoms with Crippen LogP contribution in [0.4, 0.5) is 0 Å². The van der Waals surface area contributed by atoms with Crippen LogP contribution in [0.15, 0.2) is 28.7 Å². The molecule has 1 heterocycles. The lowest BCUT2D eigenvalue weighted by molar-refractivity contribution is -0.138. The van der Waals surface area contributed by atoms with Crippen molar-refractivity contribution in [1.82, 2.24) is 0 Å². The summed E-state index contributed by atoms with van der Waals surface area (Å²) >= 11 is 5.95. The van der Waals surface area contributed by atoms with Gasteiger partial charge >= 0.3 is 5.97 Å². The van der Waals surface area contributed by atoms with Crippen LogP contribution in [0, 0.1) is 0 Å². The summed E-state index contributed by atoms with van der Waals surface area (Å²) in [5.74, 6) is -1.15. The third-order valence-corrected chi connectivity index (χ3v) is 2.65. The Labute approximate surface area is 91.3 Å². The SMILES string of the molecule is CC(C(=O)O)c1cc2c(Cl)cccc2o1. The van der Waals surface area contributed by atoms with E-state index in [0.29, 0.717) is 16.4 Å². The average molecular weight is 225 g/mol. The summed E-state index contributed by atoms with van der Waals surface area (Å²) in [5, 5.41) is 10.2. The second kappa shape index (κ2) is 3.59. The first-order valence-electron chi connectivity index (χ1n) is 4.50. The molecule has 3 nitrogen and oxygen atoms in total. The van der Waals surface area contributed by atoms with Crippen LogP contribution < -0.4 is 0 Å². The monoisotopic (exact) mass is 224 g/mol. The second-order valence-electron chi connectivity index (χ2n) is 3.36. The molecule has 0 aliphatic rings. The molecule has 0 bridgehead atoms. The number of carboxylic acids is 1. The van der Waals surface area contributed by atoms with E-state index in [4.69, 9.17) is 21.1 Å². The Morgan fingerprint density at radius 2 is 2.27 bits per heavy atom. The smallest absolute Gasteiger partial charge is 0.313 e. The largest absolute Gasteiger partial charge is 0.481 e. The standard InChI is InChI=1S/C11H9ClO3/c1-6(11(13)14)10-5-7-8(12)3-2-4-9(7)15-10/h2-6H,1H3,(H,13,14). The van der Waals surface area contributed by atoms with Gasteiger partial charge in [0, 0.05) is 5.39 Å². The first-order valence-corrected chi connectivity index (χ1v) is 4.88. The van der Waals surface area contributed by atoms with E-state index in [1.165, 1.54) is 0 Å².